The number of hydrogen-bond donors (Lipinski definition) is 1. The highest BCUT2D eigenvalue weighted by molar-refractivity contribution is 5.89. The molecule has 0 radical (unpaired) electrons. The van der Waals surface area contributed by atoms with Crippen LogP contribution >= 0.6 is 0 Å². The van der Waals surface area contributed by atoms with Crippen molar-refractivity contribution in [3.8, 4) is 0 Å². The van der Waals surface area contributed by atoms with E-state index in [0.29, 0.717) is 0 Å². The Labute approximate surface area is 110 Å². The second-order valence-corrected chi connectivity index (χ2v) is 4.47. The third-order valence-corrected chi connectivity index (χ3v) is 2.86. The van der Waals surface area contributed by atoms with Gasteiger partial charge in [0.1, 0.15) is 0 Å². The number of rotatable bonds is 6. The summed E-state index contributed by atoms with van der Waals surface area (Å²) in [6, 6.07) is 8.04. The first-order valence-electron chi connectivity index (χ1n) is 6.86. The van der Waals surface area contributed by atoms with Gasteiger partial charge in [-0.2, -0.15) is 0 Å². The maximum atomic E-state index is 12.1. The van der Waals surface area contributed by atoms with Gasteiger partial charge < -0.3 is 10.2 Å². The van der Waals surface area contributed by atoms with Crippen molar-refractivity contribution in [1.82, 2.24) is 4.90 Å². The van der Waals surface area contributed by atoms with Crippen molar-refractivity contribution < 1.29 is 4.79 Å². The summed E-state index contributed by atoms with van der Waals surface area (Å²) in [5.41, 5.74) is 2.13. The Morgan fingerprint density at radius 3 is 2.39 bits per heavy atom. The molecular weight excluding hydrogens is 224 g/mol. The van der Waals surface area contributed by atoms with Crippen LogP contribution in [0.5, 0.6) is 0 Å². The van der Waals surface area contributed by atoms with Gasteiger partial charge in [-0.1, -0.05) is 32.9 Å². The third kappa shape index (κ3) is 4.40. The second-order valence-electron chi connectivity index (χ2n) is 4.47. The van der Waals surface area contributed by atoms with Gasteiger partial charge in [-0.15, -0.1) is 0 Å². The van der Waals surface area contributed by atoms with E-state index >= 15 is 0 Å². The normalized spacial score (nSPS) is 10.2. The Morgan fingerprint density at radius 1 is 1.17 bits per heavy atom. The molecule has 0 atom stereocenters. The summed E-state index contributed by atoms with van der Waals surface area (Å²) in [4.78, 5) is 14.0. The van der Waals surface area contributed by atoms with E-state index < -0.39 is 0 Å². The first-order chi connectivity index (χ1) is 8.71. The lowest BCUT2D eigenvalue weighted by Gasteiger charge is -2.22. The molecule has 1 aromatic rings. The first-order valence-corrected chi connectivity index (χ1v) is 6.86. The van der Waals surface area contributed by atoms with Crippen molar-refractivity contribution in [1.29, 1.82) is 0 Å². The lowest BCUT2D eigenvalue weighted by molar-refractivity contribution is 0.211. The summed E-state index contributed by atoms with van der Waals surface area (Å²) in [7, 11) is 0. The molecule has 1 aromatic carbocycles. The maximum absolute atomic E-state index is 12.1. The minimum atomic E-state index is 0.00644. The molecule has 0 saturated heterocycles. The van der Waals surface area contributed by atoms with Crippen LogP contribution in [0.25, 0.3) is 0 Å². The third-order valence-electron chi connectivity index (χ3n) is 2.86. The van der Waals surface area contributed by atoms with Gasteiger partial charge in [-0.25, -0.2) is 4.79 Å². The number of aryl methyl sites for hydroxylation is 1. The Kier molecular flexibility index (Phi) is 6.26. The molecule has 18 heavy (non-hydrogen) atoms. The van der Waals surface area contributed by atoms with E-state index in [1.807, 2.05) is 23.1 Å². The summed E-state index contributed by atoms with van der Waals surface area (Å²) < 4.78 is 0. The molecule has 0 fully saturated rings. The van der Waals surface area contributed by atoms with Crippen LogP contribution in [0.1, 0.15) is 39.2 Å². The monoisotopic (exact) mass is 248 g/mol. The van der Waals surface area contributed by atoms with Crippen molar-refractivity contribution in [3.63, 3.8) is 0 Å². The molecule has 3 nitrogen and oxygen atoms in total. The minimum absolute atomic E-state index is 0.00644. The molecule has 1 N–H and O–H groups in total. The van der Waals surface area contributed by atoms with E-state index in [0.717, 1.165) is 38.0 Å². The summed E-state index contributed by atoms with van der Waals surface area (Å²) >= 11 is 0. The van der Waals surface area contributed by atoms with Gasteiger partial charge in [0.15, 0.2) is 0 Å². The molecule has 0 aliphatic carbocycles. The van der Waals surface area contributed by atoms with Crippen LogP contribution in [0.4, 0.5) is 10.5 Å². The van der Waals surface area contributed by atoms with Crippen molar-refractivity contribution in [2.75, 3.05) is 18.4 Å². The van der Waals surface area contributed by atoms with Gasteiger partial charge in [0, 0.05) is 18.8 Å². The predicted octanol–water partition coefficient (Wildman–Crippen LogP) is 3.90. The average Bonchev–Trinajstić information content (AvgIpc) is 2.38. The molecular formula is C15H24N2O. The predicted molar refractivity (Wildman–Crippen MR) is 77.0 cm³/mol. The summed E-state index contributed by atoms with van der Waals surface area (Å²) in [5, 5.41) is 2.97. The van der Waals surface area contributed by atoms with E-state index in [9.17, 15) is 4.79 Å². The number of benzene rings is 1. The standard InChI is InChI=1S/C15H24N2O/c1-4-10-17(11-5-2)15(18)16-14-9-7-8-13(6-3)12-14/h7-9,12H,4-6,10-11H2,1-3H3,(H,16,18). The number of nitrogens with zero attached hydrogens (tertiary/aromatic N) is 1. The zero-order valence-corrected chi connectivity index (χ0v) is 11.7. The molecule has 0 spiro atoms. The van der Waals surface area contributed by atoms with E-state index in [-0.39, 0.29) is 6.03 Å². The van der Waals surface area contributed by atoms with Crippen molar-refractivity contribution in [2.45, 2.75) is 40.0 Å². The van der Waals surface area contributed by atoms with Gasteiger partial charge in [-0.05, 0) is 37.0 Å². The van der Waals surface area contributed by atoms with Crippen molar-refractivity contribution in [3.05, 3.63) is 29.8 Å². The van der Waals surface area contributed by atoms with Gasteiger partial charge in [0.05, 0.1) is 0 Å². The molecule has 0 aromatic heterocycles. The number of nitrogens with one attached hydrogen (secondary N) is 1. The van der Waals surface area contributed by atoms with Crippen LogP contribution in [0.3, 0.4) is 0 Å². The molecule has 3 heteroatoms. The average molecular weight is 248 g/mol. The zero-order chi connectivity index (χ0) is 13.4. The molecule has 0 bridgehead atoms. The van der Waals surface area contributed by atoms with E-state index in [4.69, 9.17) is 0 Å². The molecule has 0 aliphatic rings. The molecule has 0 heterocycles. The van der Waals surface area contributed by atoms with Crippen molar-refractivity contribution in [2.24, 2.45) is 0 Å². The van der Waals surface area contributed by atoms with Crippen LogP contribution in [-0.4, -0.2) is 24.0 Å². The van der Waals surface area contributed by atoms with Crippen LogP contribution in [0.2, 0.25) is 0 Å². The second kappa shape index (κ2) is 7.75. The number of anilines is 1. The Bertz CT molecular complexity index is 371. The number of amides is 2. The fourth-order valence-electron chi connectivity index (χ4n) is 1.93. The lowest BCUT2D eigenvalue weighted by atomic mass is 10.1. The van der Waals surface area contributed by atoms with Crippen LogP contribution in [0.15, 0.2) is 24.3 Å². The van der Waals surface area contributed by atoms with Gasteiger partial charge in [0.2, 0.25) is 0 Å². The Morgan fingerprint density at radius 2 is 1.83 bits per heavy atom. The topological polar surface area (TPSA) is 32.3 Å². The Hall–Kier alpha value is -1.51. The molecule has 0 aliphatic heterocycles. The maximum Gasteiger partial charge on any atom is 0.321 e. The van der Waals surface area contributed by atoms with E-state index in [1.54, 1.807) is 0 Å². The number of carbonyl (C=O) groups excluding carboxylic acids is 1. The highest BCUT2D eigenvalue weighted by Gasteiger charge is 2.11. The number of urea groups is 1. The number of carbonyl (C=O) groups is 1. The Balaban J connectivity index is 2.66. The highest BCUT2D eigenvalue weighted by Crippen LogP contribution is 2.12. The van der Waals surface area contributed by atoms with E-state index in [1.165, 1.54) is 5.56 Å². The minimum Gasteiger partial charge on any atom is -0.325 e. The molecule has 2 amide bonds. The molecule has 0 unspecified atom stereocenters. The highest BCUT2D eigenvalue weighted by atomic mass is 16.2. The van der Waals surface area contributed by atoms with Gasteiger partial charge >= 0.3 is 6.03 Å². The summed E-state index contributed by atoms with van der Waals surface area (Å²) in [5.74, 6) is 0. The summed E-state index contributed by atoms with van der Waals surface area (Å²) in [6.45, 7) is 7.92. The SMILES string of the molecule is CCCN(CCC)C(=O)Nc1cccc(CC)c1. The van der Waals surface area contributed by atoms with Crippen LogP contribution in [0, 0.1) is 0 Å². The molecule has 1 rings (SSSR count). The smallest absolute Gasteiger partial charge is 0.321 e. The molecule has 100 valence electrons. The fraction of sp³-hybridized carbons (Fsp3) is 0.533. The summed E-state index contributed by atoms with van der Waals surface area (Å²) in [6.07, 6.45) is 2.96. The largest absolute Gasteiger partial charge is 0.325 e. The molecule has 0 saturated carbocycles. The van der Waals surface area contributed by atoms with Crippen LogP contribution < -0.4 is 5.32 Å². The lowest BCUT2D eigenvalue weighted by Crippen LogP contribution is -2.36. The van der Waals surface area contributed by atoms with Gasteiger partial charge in [0.25, 0.3) is 0 Å². The van der Waals surface area contributed by atoms with Gasteiger partial charge in [-0.3, -0.25) is 0 Å². The fourth-order valence-corrected chi connectivity index (χ4v) is 1.93. The zero-order valence-electron chi connectivity index (χ0n) is 11.7. The quantitative estimate of drug-likeness (QED) is 0.813. The van der Waals surface area contributed by atoms with Crippen LogP contribution in [-0.2, 0) is 6.42 Å². The van der Waals surface area contributed by atoms with Crippen molar-refractivity contribution >= 4 is 11.7 Å². The number of hydrogen-bond acceptors (Lipinski definition) is 1. The van der Waals surface area contributed by atoms with E-state index in [2.05, 4.69) is 32.2 Å². The first kappa shape index (κ1) is 14.6.